The second kappa shape index (κ2) is 5.72. The number of phenolic OH excluding ortho intramolecular Hbond substituents is 1. The molecule has 0 aliphatic carbocycles. The first-order chi connectivity index (χ1) is 10.3. The Hall–Kier alpha value is -3.10. The van der Waals surface area contributed by atoms with E-state index in [9.17, 15) is 33.2 Å². The number of benzene rings is 2. The Kier molecular flexibility index (Phi) is 3.97. The lowest BCUT2D eigenvalue weighted by Gasteiger charge is -2.08. The van der Waals surface area contributed by atoms with Gasteiger partial charge in [0.05, 0.1) is 22.2 Å². The van der Waals surface area contributed by atoms with E-state index < -0.39 is 45.3 Å². The number of carbonyl (C=O) groups is 1. The Bertz CT molecular complexity index is 780. The van der Waals surface area contributed by atoms with Crippen molar-refractivity contribution in [2.45, 2.75) is 0 Å². The van der Waals surface area contributed by atoms with Crippen molar-refractivity contribution in [3.8, 4) is 5.75 Å². The van der Waals surface area contributed by atoms with Gasteiger partial charge in [0, 0.05) is 6.07 Å². The lowest BCUT2D eigenvalue weighted by molar-refractivity contribution is -0.384. The van der Waals surface area contributed by atoms with Crippen molar-refractivity contribution in [1.29, 1.82) is 0 Å². The fourth-order valence-electron chi connectivity index (χ4n) is 1.63. The largest absolute Gasteiger partial charge is 0.506 e. The summed E-state index contributed by atoms with van der Waals surface area (Å²) < 4.78 is 39.3. The molecule has 0 bridgehead atoms. The fraction of sp³-hybridized carbons (Fsp3) is 0. The molecule has 9 heteroatoms. The summed E-state index contributed by atoms with van der Waals surface area (Å²) in [6.45, 7) is 0. The third kappa shape index (κ3) is 2.82. The Labute approximate surface area is 121 Å². The van der Waals surface area contributed by atoms with Crippen molar-refractivity contribution in [2.24, 2.45) is 0 Å². The Morgan fingerprint density at radius 2 is 1.82 bits per heavy atom. The van der Waals surface area contributed by atoms with Gasteiger partial charge in [-0.25, -0.2) is 13.2 Å². The van der Waals surface area contributed by atoms with Crippen LogP contribution in [0.2, 0.25) is 0 Å². The van der Waals surface area contributed by atoms with E-state index in [1.54, 1.807) is 0 Å². The van der Waals surface area contributed by atoms with Crippen LogP contribution < -0.4 is 5.32 Å². The highest BCUT2D eigenvalue weighted by atomic mass is 19.2. The van der Waals surface area contributed by atoms with E-state index >= 15 is 0 Å². The van der Waals surface area contributed by atoms with E-state index in [1.165, 1.54) is 0 Å². The number of carbonyl (C=O) groups excluding carboxylic acids is 1. The number of rotatable bonds is 3. The van der Waals surface area contributed by atoms with E-state index in [0.29, 0.717) is 6.07 Å². The van der Waals surface area contributed by atoms with Crippen LogP contribution in [0.25, 0.3) is 0 Å². The highest BCUT2D eigenvalue weighted by Crippen LogP contribution is 2.28. The SMILES string of the molecule is O=C(Nc1ccc([N+](=O)[O-])cc1O)c1ccc(F)c(F)c1F. The fourth-order valence-corrected chi connectivity index (χ4v) is 1.63. The van der Waals surface area contributed by atoms with Crippen molar-refractivity contribution in [3.63, 3.8) is 0 Å². The van der Waals surface area contributed by atoms with Crippen LogP contribution in [0.5, 0.6) is 5.75 Å². The van der Waals surface area contributed by atoms with Gasteiger partial charge < -0.3 is 10.4 Å². The Balaban J connectivity index is 2.30. The summed E-state index contributed by atoms with van der Waals surface area (Å²) in [7, 11) is 0. The van der Waals surface area contributed by atoms with E-state index in [0.717, 1.165) is 24.3 Å². The van der Waals surface area contributed by atoms with E-state index in [-0.39, 0.29) is 5.69 Å². The molecule has 2 aromatic rings. The number of phenols is 1. The number of nitro benzene ring substituents is 1. The maximum atomic E-state index is 13.5. The summed E-state index contributed by atoms with van der Waals surface area (Å²) in [6, 6.07) is 4.09. The third-order valence-electron chi connectivity index (χ3n) is 2.72. The molecule has 114 valence electrons. The number of nitro groups is 1. The van der Waals surface area contributed by atoms with Gasteiger partial charge in [0.25, 0.3) is 11.6 Å². The van der Waals surface area contributed by atoms with Gasteiger partial charge in [0.2, 0.25) is 0 Å². The van der Waals surface area contributed by atoms with Crippen LogP contribution in [-0.2, 0) is 0 Å². The van der Waals surface area contributed by atoms with Gasteiger partial charge in [0.15, 0.2) is 17.5 Å². The van der Waals surface area contributed by atoms with Gasteiger partial charge in [-0.3, -0.25) is 14.9 Å². The number of amides is 1. The molecule has 0 atom stereocenters. The molecule has 0 spiro atoms. The smallest absolute Gasteiger partial charge is 0.273 e. The van der Waals surface area contributed by atoms with Crippen molar-refractivity contribution in [2.75, 3.05) is 5.32 Å². The summed E-state index contributed by atoms with van der Waals surface area (Å²) in [5.74, 6) is -6.72. The topological polar surface area (TPSA) is 92.5 Å². The van der Waals surface area contributed by atoms with Gasteiger partial charge in [0.1, 0.15) is 5.75 Å². The zero-order valence-electron chi connectivity index (χ0n) is 10.6. The van der Waals surface area contributed by atoms with Crippen molar-refractivity contribution >= 4 is 17.3 Å². The first-order valence-electron chi connectivity index (χ1n) is 5.73. The Morgan fingerprint density at radius 3 is 2.41 bits per heavy atom. The molecule has 0 aliphatic rings. The predicted octanol–water partition coefficient (Wildman–Crippen LogP) is 2.97. The van der Waals surface area contributed by atoms with Gasteiger partial charge >= 0.3 is 0 Å². The molecule has 1 amide bonds. The summed E-state index contributed by atoms with van der Waals surface area (Å²) in [5, 5.41) is 22.1. The number of non-ortho nitro benzene ring substituents is 1. The summed E-state index contributed by atoms with van der Waals surface area (Å²) in [5.41, 5.74) is -1.45. The number of nitrogens with zero attached hydrogens (tertiary/aromatic N) is 1. The second-order valence-corrected chi connectivity index (χ2v) is 4.14. The molecule has 6 nitrogen and oxygen atoms in total. The zero-order chi connectivity index (χ0) is 16.4. The zero-order valence-corrected chi connectivity index (χ0v) is 10.6. The van der Waals surface area contributed by atoms with Gasteiger partial charge in [-0.05, 0) is 18.2 Å². The molecule has 2 rings (SSSR count). The first kappa shape index (κ1) is 15.3. The van der Waals surface area contributed by atoms with Crippen LogP contribution >= 0.6 is 0 Å². The molecule has 2 N–H and O–H groups in total. The van der Waals surface area contributed by atoms with Crippen LogP contribution in [0.15, 0.2) is 30.3 Å². The van der Waals surface area contributed by atoms with E-state index in [1.807, 2.05) is 5.32 Å². The highest BCUT2D eigenvalue weighted by molar-refractivity contribution is 6.05. The molecule has 0 unspecified atom stereocenters. The molecule has 22 heavy (non-hydrogen) atoms. The normalized spacial score (nSPS) is 10.3. The second-order valence-electron chi connectivity index (χ2n) is 4.14. The van der Waals surface area contributed by atoms with Crippen LogP contribution in [0.4, 0.5) is 24.5 Å². The molecule has 0 radical (unpaired) electrons. The molecule has 0 aliphatic heterocycles. The summed E-state index contributed by atoms with van der Waals surface area (Å²) in [4.78, 5) is 21.5. The number of aromatic hydroxyl groups is 1. The van der Waals surface area contributed by atoms with Gasteiger partial charge in [-0.15, -0.1) is 0 Å². The van der Waals surface area contributed by atoms with Crippen molar-refractivity contribution < 1.29 is 28.0 Å². The molecular weight excluding hydrogens is 305 g/mol. The van der Waals surface area contributed by atoms with Crippen LogP contribution in [0.3, 0.4) is 0 Å². The minimum absolute atomic E-state index is 0.250. The number of nitrogens with one attached hydrogen (secondary N) is 1. The third-order valence-corrected chi connectivity index (χ3v) is 2.72. The molecule has 2 aromatic carbocycles. The molecule has 0 saturated carbocycles. The maximum absolute atomic E-state index is 13.5. The summed E-state index contributed by atoms with van der Waals surface area (Å²) >= 11 is 0. The van der Waals surface area contributed by atoms with E-state index in [2.05, 4.69) is 0 Å². The minimum Gasteiger partial charge on any atom is -0.506 e. The lowest BCUT2D eigenvalue weighted by Crippen LogP contribution is -2.15. The number of anilines is 1. The molecule has 0 heterocycles. The lowest BCUT2D eigenvalue weighted by atomic mass is 10.1. The van der Waals surface area contributed by atoms with Gasteiger partial charge in [-0.2, -0.15) is 0 Å². The van der Waals surface area contributed by atoms with Crippen molar-refractivity contribution in [1.82, 2.24) is 0 Å². The van der Waals surface area contributed by atoms with E-state index in [4.69, 9.17) is 0 Å². The standard InChI is InChI=1S/C13H7F3N2O4/c14-8-3-2-7(11(15)12(8)16)13(20)17-9-4-1-6(18(21)22)5-10(9)19/h1-5,19H,(H,17,20). The first-order valence-corrected chi connectivity index (χ1v) is 5.73. The van der Waals surface area contributed by atoms with Gasteiger partial charge in [-0.1, -0.05) is 0 Å². The molecule has 0 saturated heterocycles. The molecule has 0 aromatic heterocycles. The van der Waals surface area contributed by atoms with Crippen LogP contribution in [-0.4, -0.2) is 15.9 Å². The molecule has 0 fully saturated rings. The minimum atomic E-state index is -1.81. The maximum Gasteiger partial charge on any atom is 0.273 e. The number of halogens is 3. The predicted molar refractivity (Wildman–Crippen MR) is 69.0 cm³/mol. The Morgan fingerprint density at radius 1 is 1.14 bits per heavy atom. The average molecular weight is 312 g/mol. The molecular formula is C13H7F3N2O4. The van der Waals surface area contributed by atoms with Crippen LogP contribution in [0.1, 0.15) is 10.4 Å². The highest BCUT2D eigenvalue weighted by Gasteiger charge is 2.20. The average Bonchev–Trinajstić information content (AvgIpc) is 2.46. The number of hydrogen-bond donors (Lipinski definition) is 2. The summed E-state index contributed by atoms with van der Waals surface area (Å²) in [6.07, 6.45) is 0. The number of hydrogen-bond acceptors (Lipinski definition) is 4. The van der Waals surface area contributed by atoms with Crippen molar-refractivity contribution in [3.05, 3.63) is 63.5 Å². The monoisotopic (exact) mass is 312 g/mol. The quantitative estimate of drug-likeness (QED) is 0.394. The van der Waals surface area contributed by atoms with Crippen LogP contribution in [0, 0.1) is 27.6 Å².